The Kier molecular flexibility index (Phi) is 6.52. The van der Waals surface area contributed by atoms with Crippen molar-refractivity contribution in [1.29, 1.82) is 0 Å². The number of benzene rings is 3. The van der Waals surface area contributed by atoms with E-state index in [0.29, 0.717) is 16.3 Å². The van der Waals surface area contributed by atoms with Gasteiger partial charge in [-0.2, -0.15) is 0 Å². The molecule has 0 spiro atoms. The van der Waals surface area contributed by atoms with Gasteiger partial charge in [-0.1, -0.05) is 35.9 Å². The molecule has 0 aromatic heterocycles. The molecule has 148 valence electrons. The quantitative estimate of drug-likeness (QED) is 0.606. The molecule has 0 saturated heterocycles. The van der Waals surface area contributed by atoms with E-state index in [2.05, 4.69) is 10.6 Å². The summed E-state index contributed by atoms with van der Waals surface area (Å²) in [6, 6.07) is 21.8. The van der Waals surface area contributed by atoms with Gasteiger partial charge >= 0.3 is 0 Å². The van der Waals surface area contributed by atoms with Crippen molar-refractivity contribution in [3.63, 3.8) is 0 Å². The first-order chi connectivity index (χ1) is 13.9. The van der Waals surface area contributed by atoms with E-state index in [1.807, 2.05) is 49.4 Å². The maximum absolute atomic E-state index is 12.6. The Morgan fingerprint density at radius 2 is 1.59 bits per heavy atom. The van der Waals surface area contributed by atoms with Gasteiger partial charge in [0, 0.05) is 34.7 Å². The number of halogens is 1. The van der Waals surface area contributed by atoms with Crippen molar-refractivity contribution in [2.24, 2.45) is 0 Å². The number of anilines is 3. The number of hydrogen-bond donors (Lipinski definition) is 2. The van der Waals surface area contributed by atoms with Gasteiger partial charge in [0.1, 0.15) is 0 Å². The lowest BCUT2D eigenvalue weighted by Gasteiger charge is -2.17. The monoisotopic (exact) mass is 407 g/mol. The van der Waals surface area contributed by atoms with Gasteiger partial charge in [-0.15, -0.1) is 0 Å². The molecule has 2 N–H and O–H groups in total. The minimum atomic E-state index is -0.192. The van der Waals surface area contributed by atoms with Gasteiger partial charge in [-0.05, 0) is 61.0 Å². The zero-order valence-electron chi connectivity index (χ0n) is 16.3. The Morgan fingerprint density at radius 1 is 0.931 bits per heavy atom. The van der Waals surface area contributed by atoms with Crippen LogP contribution >= 0.6 is 11.6 Å². The van der Waals surface area contributed by atoms with Crippen LogP contribution in [0.15, 0.2) is 72.8 Å². The summed E-state index contributed by atoms with van der Waals surface area (Å²) < 4.78 is 0. The minimum absolute atomic E-state index is 0.108. The summed E-state index contributed by atoms with van der Waals surface area (Å²) in [5.41, 5.74) is 3.74. The third-order valence-electron chi connectivity index (χ3n) is 4.49. The first-order valence-corrected chi connectivity index (χ1v) is 9.55. The molecule has 0 heterocycles. The standard InChI is InChI=1S/C23H22ClN3O2/c1-16-8-11-19(14-21(16)24)25-15-22(28)26-18-12-9-17(10-13-18)23(29)27(2)20-6-4-3-5-7-20/h3-14,25H,15H2,1-2H3,(H,26,28). The van der Waals surface area contributed by atoms with Crippen molar-refractivity contribution in [3.05, 3.63) is 88.9 Å². The predicted molar refractivity (Wildman–Crippen MR) is 119 cm³/mol. The SMILES string of the molecule is Cc1ccc(NCC(=O)Nc2ccc(C(=O)N(C)c3ccccc3)cc2)cc1Cl. The number of aryl methyl sites for hydroxylation is 1. The summed E-state index contributed by atoms with van der Waals surface area (Å²) in [7, 11) is 1.73. The zero-order valence-corrected chi connectivity index (χ0v) is 17.0. The predicted octanol–water partition coefficient (Wildman–Crippen LogP) is 4.98. The molecule has 29 heavy (non-hydrogen) atoms. The average Bonchev–Trinajstić information content (AvgIpc) is 2.74. The molecule has 0 fully saturated rings. The Morgan fingerprint density at radius 3 is 2.24 bits per heavy atom. The molecular formula is C23H22ClN3O2. The largest absolute Gasteiger partial charge is 0.376 e. The molecule has 3 aromatic carbocycles. The number of amides is 2. The molecule has 0 atom stereocenters. The fraction of sp³-hybridized carbons (Fsp3) is 0.130. The van der Waals surface area contributed by atoms with Crippen molar-refractivity contribution in [1.82, 2.24) is 0 Å². The van der Waals surface area contributed by atoms with E-state index in [0.717, 1.165) is 16.9 Å². The van der Waals surface area contributed by atoms with E-state index in [9.17, 15) is 9.59 Å². The number of nitrogens with zero attached hydrogens (tertiary/aromatic N) is 1. The van der Waals surface area contributed by atoms with Crippen molar-refractivity contribution in [2.45, 2.75) is 6.92 Å². The second-order valence-electron chi connectivity index (χ2n) is 6.64. The van der Waals surface area contributed by atoms with Crippen LogP contribution in [0.5, 0.6) is 0 Å². The number of para-hydroxylation sites is 1. The van der Waals surface area contributed by atoms with E-state index >= 15 is 0 Å². The van der Waals surface area contributed by atoms with Gasteiger partial charge in [0.2, 0.25) is 5.91 Å². The molecule has 5 nitrogen and oxygen atoms in total. The normalized spacial score (nSPS) is 10.3. The lowest BCUT2D eigenvalue weighted by molar-refractivity contribution is -0.114. The number of carbonyl (C=O) groups is 2. The van der Waals surface area contributed by atoms with Crippen LogP contribution in [0.4, 0.5) is 17.1 Å². The van der Waals surface area contributed by atoms with Crippen LogP contribution in [0.2, 0.25) is 5.02 Å². The summed E-state index contributed by atoms with van der Waals surface area (Å²) in [5, 5.41) is 6.49. The maximum atomic E-state index is 12.6. The topological polar surface area (TPSA) is 61.4 Å². The third-order valence-corrected chi connectivity index (χ3v) is 4.90. The number of hydrogen-bond acceptors (Lipinski definition) is 3. The zero-order chi connectivity index (χ0) is 20.8. The van der Waals surface area contributed by atoms with E-state index < -0.39 is 0 Å². The highest BCUT2D eigenvalue weighted by Crippen LogP contribution is 2.20. The second kappa shape index (κ2) is 9.26. The number of nitrogens with one attached hydrogen (secondary N) is 2. The molecule has 3 rings (SSSR count). The highest BCUT2D eigenvalue weighted by Gasteiger charge is 2.13. The van der Waals surface area contributed by atoms with E-state index in [1.165, 1.54) is 0 Å². The highest BCUT2D eigenvalue weighted by atomic mass is 35.5. The molecule has 0 radical (unpaired) electrons. The first-order valence-electron chi connectivity index (χ1n) is 9.17. The first kappa shape index (κ1) is 20.4. The van der Waals surface area contributed by atoms with Crippen LogP contribution in [-0.4, -0.2) is 25.4 Å². The van der Waals surface area contributed by atoms with Crippen molar-refractivity contribution in [3.8, 4) is 0 Å². The van der Waals surface area contributed by atoms with Crippen molar-refractivity contribution >= 4 is 40.5 Å². The van der Waals surface area contributed by atoms with E-state index in [4.69, 9.17) is 11.6 Å². The molecule has 0 saturated carbocycles. The van der Waals surface area contributed by atoms with Gasteiger partial charge < -0.3 is 15.5 Å². The fourth-order valence-electron chi connectivity index (χ4n) is 2.75. The van der Waals surface area contributed by atoms with E-state index in [1.54, 1.807) is 42.3 Å². The summed E-state index contributed by atoms with van der Waals surface area (Å²) in [5.74, 6) is -0.311. The summed E-state index contributed by atoms with van der Waals surface area (Å²) in [6.07, 6.45) is 0. The molecule has 0 aliphatic heterocycles. The van der Waals surface area contributed by atoms with Crippen LogP contribution in [0.1, 0.15) is 15.9 Å². The van der Waals surface area contributed by atoms with Crippen molar-refractivity contribution < 1.29 is 9.59 Å². The number of carbonyl (C=O) groups excluding carboxylic acids is 2. The lowest BCUT2D eigenvalue weighted by atomic mass is 10.1. The van der Waals surface area contributed by atoms with Gasteiger partial charge in [-0.3, -0.25) is 9.59 Å². The average molecular weight is 408 g/mol. The molecule has 3 aromatic rings. The lowest BCUT2D eigenvalue weighted by Crippen LogP contribution is -2.26. The van der Waals surface area contributed by atoms with Crippen LogP contribution < -0.4 is 15.5 Å². The van der Waals surface area contributed by atoms with Crippen molar-refractivity contribution in [2.75, 3.05) is 29.1 Å². The van der Waals surface area contributed by atoms with Gasteiger partial charge in [-0.25, -0.2) is 0 Å². The van der Waals surface area contributed by atoms with Gasteiger partial charge in [0.15, 0.2) is 0 Å². The Balaban J connectivity index is 1.56. The maximum Gasteiger partial charge on any atom is 0.258 e. The molecule has 0 aliphatic rings. The second-order valence-corrected chi connectivity index (χ2v) is 7.05. The van der Waals surface area contributed by atoms with Crippen LogP contribution in [0, 0.1) is 6.92 Å². The molecule has 6 heteroatoms. The van der Waals surface area contributed by atoms with Gasteiger partial charge in [0.25, 0.3) is 5.91 Å². The summed E-state index contributed by atoms with van der Waals surface area (Å²) in [4.78, 5) is 26.4. The summed E-state index contributed by atoms with van der Waals surface area (Å²) in [6.45, 7) is 2.03. The molecule has 0 unspecified atom stereocenters. The molecule has 0 bridgehead atoms. The Labute approximate surface area is 175 Å². The Bertz CT molecular complexity index is 1000. The van der Waals surface area contributed by atoms with Gasteiger partial charge in [0.05, 0.1) is 6.54 Å². The summed E-state index contributed by atoms with van der Waals surface area (Å²) >= 11 is 6.09. The Hall–Kier alpha value is -3.31. The fourth-order valence-corrected chi connectivity index (χ4v) is 2.93. The smallest absolute Gasteiger partial charge is 0.258 e. The molecule has 0 aliphatic carbocycles. The van der Waals surface area contributed by atoms with E-state index in [-0.39, 0.29) is 18.4 Å². The third kappa shape index (κ3) is 5.36. The number of rotatable bonds is 6. The van der Waals surface area contributed by atoms with Crippen LogP contribution in [-0.2, 0) is 4.79 Å². The van der Waals surface area contributed by atoms with Crippen LogP contribution in [0.3, 0.4) is 0 Å². The molecular weight excluding hydrogens is 386 g/mol. The highest BCUT2D eigenvalue weighted by molar-refractivity contribution is 6.31. The van der Waals surface area contributed by atoms with Crippen LogP contribution in [0.25, 0.3) is 0 Å². The minimum Gasteiger partial charge on any atom is -0.376 e. The molecule has 2 amide bonds.